The van der Waals surface area contributed by atoms with Gasteiger partial charge in [0, 0.05) is 25.2 Å². The molecule has 8 nitrogen and oxygen atoms in total. The summed E-state index contributed by atoms with van der Waals surface area (Å²) in [5.41, 5.74) is 4.74. The topological polar surface area (TPSA) is 122 Å². The molecule has 0 aromatic heterocycles. The average molecular weight is 280 g/mol. The molecule has 4 N–H and O–H groups in total. The fraction of sp³-hybridized carbons (Fsp3) is 0.417. The van der Waals surface area contributed by atoms with E-state index < -0.39 is 16.4 Å². The van der Waals surface area contributed by atoms with E-state index in [1.54, 1.807) is 0 Å². The summed E-state index contributed by atoms with van der Waals surface area (Å²) in [6.45, 7) is 1.10. The van der Waals surface area contributed by atoms with Crippen LogP contribution in [0.25, 0.3) is 0 Å². The molecule has 1 aliphatic heterocycles. The number of amides is 1. The van der Waals surface area contributed by atoms with Gasteiger partial charge in [-0.2, -0.15) is 0 Å². The molecule has 1 aromatic rings. The number of phenolic OH excluding ortho intramolecular Hbond substituents is 1. The maximum absolute atomic E-state index is 12.2. The van der Waals surface area contributed by atoms with Crippen molar-refractivity contribution in [3.8, 4) is 5.75 Å². The van der Waals surface area contributed by atoms with Crippen molar-refractivity contribution in [1.82, 2.24) is 4.90 Å². The number of likely N-dealkylation sites (tertiary alicyclic amines) is 1. The molecular formula is C12H16N4O4. The Bertz CT molecular complexity index is 562. The monoisotopic (exact) mass is 280 g/mol. The molecule has 108 valence electrons. The molecule has 1 atom stereocenters. The minimum atomic E-state index is -1.05. The highest BCUT2D eigenvalue weighted by atomic mass is 16.6. The number of hydrogen-bond acceptors (Lipinski definition) is 6. The lowest BCUT2D eigenvalue weighted by Gasteiger charge is -2.22. The van der Waals surface area contributed by atoms with Crippen LogP contribution in [0.15, 0.2) is 18.2 Å². The van der Waals surface area contributed by atoms with Crippen molar-refractivity contribution in [2.24, 2.45) is 5.73 Å². The number of nitrogens with one attached hydrogen (secondary N) is 1. The van der Waals surface area contributed by atoms with E-state index in [1.807, 2.05) is 11.9 Å². The van der Waals surface area contributed by atoms with Crippen molar-refractivity contribution in [1.29, 1.82) is 0 Å². The molecule has 0 radical (unpaired) electrons. The van der Waals surface area contributed by atoms with E-state index in [4.69, 9.17) is 5.73 Å². The summed E-state index contributed by atoms with van der Waals surface area (Å²) in [4.78, 5) is 24.2. The molecule has 2 rings (SSSR count). The third kappa shape index (κ3) is 2.70. The molecule has 1 amide bonds. The maximum atomic E-state index is 12.2. The van der Waals surface area contributed by atoms with Gasteiger partial charge in [-0.25, -0.2) is 0 Å². The lowest BCUT2D eigenvalue weighted by Crippen LogP contribution is -2.52. The number of aromatic hydroxyl groups is 1. The van der Waals surface area contributed by atoms with Crippen LogP contribution in [0.4, 0.5) is 11.4 Å². The summed E-state index contributed by atoms with van der Waals surface area (Å²) in [7, 11) is 1.85. The summed E-state index contributed by atoms with van der Waals surface area (Å²) in [6.07, 6.45) is 0.491. The van der Waals surface area contributed by atoms with Gasteiger partial charge in [-0.15, -0.1) is 0 Å². The van der Waals surface area contributed by atoms with Crippen molar-refractivity contribution in [2.75, 3.05) is 25.5 Å². The van der Waals surface area contributed by atoms with Gasteiger partial charge in [0.2, 0.25) is 5.91 Å². The normalized spacial score (nSPS) is 22.7. The molecule has 1 aromatic carbocycles. The number of nitrogens with zero attached hydrogens (tertiary/aromatic N) is 2. The number of nitro benzene ring substituents is 1. The fourth-order valence-corrected chi connectivity index (χ4v) is 2.20. The first-order valence-corrected chi connectivity index (χ1v) is 6.08. The second kappa shape index (κ2) is 5.06. The zero-order chi connectivity index (χ0) is 14.9. The molecule has 20 heavy (non-hydrogen) atoms. The minimum Gasteiger partial charge on any atom is -0.506 e. The number of nitro groups is 1. The first-order valence-electron chi connectivity index (χ1n) is 6.08. The van der Waals surface area contributed by atoms with Crippen molar-refractivity contribution in [3.63, 3.8) is 0 Å². The summed E-state index contributed by atoms with van der Waals surface area (Å²) in [5.74, 6) is -0.698. The van der Waals surface area contributed by atoms with Crippen LogP contribution in [0.1, 0.15) is 6.42 Å². The van der Waals surface area contributed by atoms with E-state index in [0.717, 1.165) is 18.2 Å². The van der Waals surface area contributed by atoms with Crippen LogP contribution >= 0.6 is 0 Å². The van der Waals surface area contributed by atoms with E-state index in [9.17, 15) is 20.0 Å². The lowest BCUT2D eigenvalue weighted by atomic mass is 9.99. The molecule has 1 aliphatic rings. The minimum absolute atomic E-state index is 0.0106. The Kier molecular flexibility index (Phi) is 3.60. The zero-order valence-corrected chi connectivity index (χ0v) is 11.0. The molecule has 1 unspecified atom stereocenters. The number of benzene rings is 1. The molecule has 1 saturated heterocycles. The Morgan fingerprint density at radius 2 is 2.30 bits per heavy atom. The predicted octanol–water partition coefficient (Wildman–Crippen LogP) is 0.272. The third-order valence-corrected chi connectivity index (χ3v) is 3.38. The number of anilines is 1. The van der Waals surface area contributed by atoms with E-state index in [0.29, 0.717) is 19.5 Å². The van der Waals surface area contributed by atoms with Gasteiger partial charge >= 0.3 is 0 Å². The fourth-order valence-electron chi connectivity index (χ4n) is 2.20. The van der Waals surface area contributed by atoms with E-state index in [-0.39, 0.29) is 17.1 Å². The van der Waals surface area contributed by atoms with Crippen LogP contribution in [0, 0.1) is 10.1 Å². The highest BCUT2D eigenvalue weighted by Crippen LogP contribution is 2.29. The van der Waals surface area contributed by atoms with Gasteiger partial charge in [0.1, 0.15) is 11.3 Å². The number of nitrogens with two attached hydrogens (primary N) is 1. The van der Waals surface area contributed by atoms with Crippen LogP contribution in [0.2, 0.25) is 0 Å². The summed E-state index contributed by atoms with van der Waals surface area (Å²) >= 11 is 0. The van der Waals surface area contributed by atoms with Gasteiger partial charge < -0.3 is 21.1 Å². The number of hydrogen-bond donors (Lipinski definition) is 3. The van der Waals surface area contributed by atoms with E-state index in [1.165, 1.54) is 0 Å². The highest BCUT2D eigenvalue weighted by Gasteiger charge is 2.40. The Hall–Kier alpha value is -2.19. The highest BCUT2D eigenvalue weighted by molar-refractivity contribution is 5.99. The molecule has 1 fully saturated rings. The van der Waals surface area contributed by atoms with Gasteiger partial charge in [-0.3, -0.25) is 14.9 Å². The van der Waals surface area contributed by atoms with Crippen LogP contribution in [0.5, 0.6) is 5.75 Å². The zero-order valence-electron chi connectivity index (χ0n) is 11.0. The van der Waals surface area contributed by atoms with Crippen LogP contribution < -0.4 is 11.1 Å². The molecule has 0 spiro atoms. The Morgan fingerprint density at radius 3 is 2.85 bits per heavy atom. The second-order valence-corrected chi connectivity index (χ2v) is 5.06. The molecule has 8 heteroatoms. The number of non-ortho nitro benzene ring substituents is 1. The standard InChI is InChI=1S/C12H16N4O4/c1-15-5-4-12(13,7-15)11(18)14-9-6-8(16(19)20)2-3-10(9)17/h2-3,6,17H,4-5,7,13H2,1H3,(H,14,18). The van der Waals surface area contributed by atoms with Crippen molar-refractivity contribution < 1.29 is 14.8 Å². The largest absolute Gasteiger partial charge is 0.506 e. The third-order valence-electron chi connectivity index (χ3n) is 3.38. The Labute approximate surface area is 115 Å². The van der Waals surface area contributed by atoms with Crippen LogP contribution in [-0.4, -0.2) is 46.5 Å². The van der Waals surface area contributed by atoms with Crippen LogP contribution in [0.3, 0.4) is 0 Å². The summed E-state index contributed by atoms with van der Waals surface area (Å²) in [5, 5.41) is 22.8. The van der Waals surface area contributed by atoms with Gasteiger partial charge in [0.15, 0.2) is 0 Å². The summed E-state index contributed by atoms with van der Waals surface area (Å²) < 4.78 is 0. The Balaban J connectivity index is 2.19. The van der Waals surface area contributed by atoms with Crippen molar-refractivity contribution in [2.45, 2.75) is 12.0 Å². The summed E-state index contributed by atoms with van der Waals surface area (Å²) in [6, 6.07) is 3.43. The van der Waals surface area contributed by atoms with E-state index >= 15 is 0 Å². The number of rotatable bonds is 3. The van der Waals surface area contributed by atoms with E-state index in [2.05, 4.69) is 5.32 Å². The second-order valence-electron chi connectivity index (χ2n) is 5.06. The quantitative estimate of drug-likeness (QED) is 0.415. The molecule has 1 heterocycles. The van der Waals surface area contributed by atoms with Gasteiger partial charge in [-0.1, -0.05) is 0 Å². The van der Waals surface area contributed by atoms with Crippen molar-refractivity contribution in [3.05, 3.63) is 28.3 Å². The van der Waals surface area contributed by atoms with Gasteiger partial charge in [-0.05, 0) is 19.5 Å². The number of phenols is 1. The smallest absolute Gasteiger partial charge is 0.271 e. The molecule has 0 aliphatic carbocycles. The van der Waals surface area contributed by atoms with Crippen molar-refractivity contribution >= 4 is 17.3 Å². The van der Waals surface area contributed by atoms with Gasteiger partial charge in [0.05, 0.1) is 10.6 Å². The maximum Gasteiger partial charge on any atom is 0.271 e. The number of carbonyl (C=O) groups excluding carboxylic acids is 1. The number of likely N-dealkylation sites (N-methyl/N-ethyl adjacent to an activating group) is 1. The SMILES string of the molecule is CN1CCC(N)(C(=O)Nc2cc([N+](=O)[O-])ccc2O)C1. The molecule has 0 bridgehead atoms. The predicted molar refractivity (Wildman–Crippen MR) is 72.4 cm³/mol. The average Bonchev–Trinajstić information content (AvgIpc) is 2.73. The lowest BCUT2D eigenvalue weighted by molar-refractivity contribution is -0.384. The van der Waals surface area contributed by atoms with Crippen LogP contribution in [-0.2, 0) is 4.79 Å². The first kappa shape index (κ1) is 14.2. The van der Waals surface area contributed by atoms with Gasteiger partial charge in [0.25, 0.3) is 5.69 Å². The molecular weight excluding hydrogens is 264 g/mol. The number of carbonyl (C=O) groups is 1. The first-order chi connectivity index (χ1) is 9.32. The molecule has 0 saturated carbocycles. The Morgan fingerprint density at radius 1 is 1.60 bits per heavy atom.